The Bertz CT molecular complexity index is 1100. The summed E-state index contributed by atoms with van der Waals surface area (Å²) in [5.41, 5.74) is 1.92. The van der Waals surface area contributed by atoms with Gasteiger partial charge in [-0.2, -0.15) is 0 Å². The largest absolute Gasteiger partial charge is 0.380 e. The molecule has 0 atom stereocenters. The highest BCUT2D eigenvalue weighted by atomic mass is 32.2. The molecule has 1 heterocycles. The first kappa shape index (κ1) is 21.5. The fraction of sp³-hybridized carbons (Fsp3) is 0.391. The highest BCUT2D eigenvalue weighted by molar-refractivity contribution is 7.89. The lowest BCUT2D eigenvalue weighted by molar-refractivity contribution is -0.143. The zero-order valence-corrected chi connectivity index (χ0v) is 18.3. The summed E-state index contributed by atoms with van der Waals surface area (Å²) in [6.07, 6.45) is 2.26. The molecule has 0 bridgehead atoms. The summed E-state index contributed by atoms with van der Waals surface area (Å²) in [6, 6.07) is 14.6. The number of hydrogen-bond donors (Lipinski definition) is 1. The Labute approximate surface area is 182 Å². The Morgan fingerprint density at radius 3 is 2.13 bits per heavy atom. The number of amides is 2. The Morgan fingerprint density at radius 2 is 1.55 bits per heavy atom. The van der Waals surface area contributed by atoms with Gasteiger partial charge in [0.05, 0.1) is 5.75 Å². The topological polar surface area (TPSA) is 95.0 Å². The molecule has 2 aromatic rings. The predicted molar refractivity (Wildman–Crippen MR) is 117 cm³/mol. The summed E-state index contributed by atoms with van der Waals surface area (Å²) in [6.45, 7) is 1.74. The maximum Gasteiger partial charge on any atom is 0.254 e. The Balaban J connectivity index is 1.40. The number of nitrogens with zero attached hydrogens (tertiary/aromatic N) is 2. The second kappa shape index (κ2) is 8.09. The van der Waals surface area contributed by atoms with Crippen LogP contribution in [0.2, 0.25) is 0 Å². The summed E-state index contributed by atoms with van der Waals surface area (Å²) in [4.78, 5) is 28.5. The first-order valence-corrected chi connectivity index (χ1v) is 12.4. The van der Waals surface area contributed by atoms with E-state index in [1.54, 1.807) is 28.0 Å². The minimum atomic E-state index is -3.11. The molecule has 1 saturated heterocycles. The molecule has 2 amide bonds. The third-order valence-corrected chi connectivity index (χ3v) is 6.65. The zero-order chi connectivity index (χ0) is 22.2. The number of hydrogen-bond acceptors (Lipinski definition) is 5. The van der Waals surface area contributed by atoms with E-state index in [1.165, 1.54) is 6.26 Å². The van der Waals surface area contributed by atoms with Crippen LogP contribution in [0.4, 0.5) is 0 Å². The number of aliphatic hydroxyl groups is 1. The Kier molecular flexibility index (Phi) is 5.61. The summed E-state index contributed by atoms with van der Waals surface area (Å²) in [7, 11) is -3.11. The van der Waals surface area contributed by atoms with Crippen LogP contribution in [0.15, 0.2) is 48.5 Å². The summed E-state index contributed by atoms with van der Waals surface area (Å²) < 4.78 is 23.1. The number of benzene rings is 2. The van der Waals surface area contributed by atoms with Gasteiger partial charge in [0.15, 0.2) is 9.84 Å². The number of sulfone groups is 1. The van der Waals surface area contributed by atoms with E-state index in [2.05, 4.69) is 0 Å². The smallest absolute Gasteiger partial charge is 0.254 e. The van der Waals surface area contributed by atoms with Crippen LogP contribution in [0.25, 0.3) is 11.1 Å². The standard InChI is InChI=1S/C23H26N2O5S/c1-31(29,30)16-17-3-2-4-20(15-17)18-5-7-19(8-6-18)21(26)24-11-13-25(14-12-24)22(27)23(28)9-10-23/h2-8,15,28H,9-14,16H2,1H3. The van der Waals surface area contributed by atoms with Gasteiger partial charge in [-0.1, -0.05) is 36.4 Å². The zero-order valence-electron chi connectivity index (χ0n) is 17.5. The van der Waals surface area contributed by atoms with E-state index in [1.807, 2.05) is 30.3 Å². The molecule has 1 N–H and O–H groups in total. The van der Waals surface area contributed by atoms with E-state index >= 15 is 0 Å². The molecular formula is C23H26N2O5S. The van der Waals surface area contributed by atoms with Crippen LogP contribution < -0.4 is 0 Å². The molecule has 0 radical (unpaired) electrons. The van der Waals surface area contributed by atoms with Crippen molar-refractivity contribution >= 4 is 21.7 Å². The van der Waals surface area contributed by atoms with Crippen LogP contribution in [0.5, 0.6) is 0 Å². The predicted octanol–water partition coefficient (Wildman–Crippen LogP) is 1.71. The molecule has 164 valence electrons. The molecule has 2 aromatic carbocycles. The SMILES string of the molecule is CS(=O)(=O)Cc1cccc(-c2ccc(C(=O)N3CCN(C(=O)C4(O)CC4)CC3)cc2)c1. The fourth-order valence-electron chi connectivity index (χ4n) is 3.87. The highest BCUT2D eigenvalue weighted by Crippen LogP contribution is 2.37. The Morgan fingerprint density at radius 1 is 0.935 bits per heavy atom. The molecule has 8 heteroatoms. The van der Waals surface area contributed by atoms with Crippen molar-refractivity contribution in [2.24, 2.45) is 0 Å². The minimum Gasteiger partial charge on any atom is -0.380 e. The molecule has 1 aliphatic heterocycles. The van der Waals surface area contributed by atoms with Crippen molar-refractivity contribution in [2.75, 3.05) is 32.4 Å². The molecule has 2 fully saturated rings. The molecule has 2 aliphatic rings. The third kappa shape index (κ3) is 4.97. The Hall–Kier alpha value is -2.71. The van der Waals surface area contributed by atoms with Crippen LogP contribution in [0, 0.1) is 0 Å². The van der Waals surface area contributed by atoms with Crippen LogP contribution in [0.1, 0.15) is 28.8 Å². The number of rotatable bonds is 5. The quantitative estimate of drug-likeness (QED) is 0.761. The van der Waals surface area contributed by atoms with E-state index < -0.39 is 15.4 Å². The van der Waals surface area contributed by atoms with E-state index in [9.17, 15) is 23.1 Å². The summed E-state index contributed by atoms with van der Waals surface area (Å²) >= 11 is 0. The molecule has 31 heavy (non-hydrogen) atoms. The van der Waals surface area contributed by atoms with Crippen molar-refractivity contribution in [1.82, 2.24) is 9.80 Å². The monoisotopic (exact) mass is 442 g/mol. The normalized spacial score (nSPS) is 18.0. The van der Waals surface area contributed by atoms with Gasteiger partial charge in [0.2, 0.25) is 0 Å². The van der Waals surface area contributed by atoms with Crippen LogP contribution in [0.3, 0.4) is 0 Å². The molecule has 0 aromatic heterocycles. The lowest BCUT2D eigenvalue weighted by Crippen LogP contribution is -2.53. The first-order valence-electron chi connectivity index (χ1n) is 10.3. The van der Waals surface area contributed by atoms with Crippen molar-refractivity contribution in [3.8, 4) is 11.1 Å². The third-order valence-electron chi connectivity index (χ3n) is 5.80. The van der Waals surface area contributed by atoms with E-state index in [0.29, 0.717) is 44.6 Å². The average Bonchev–Trinajstić information content (AvgIpc) is 3.50. The lowest BCUT2D eigenvalue weighted by atomic mass is 10.0. The van der Waals surface area contributed by atoms with Crippen molar-refractivity contribution < 1.29 is 23.1 Å². The molecule has 1 saturated carbocycles. The number of carbonyl (C=O) groups excluding carboxylic acids is 2. The van der Waals surface area contributed by atoms with Crippen molar-refractivity contribution in [3.63, 3.8) is 0 Å². The van der Waals surface area contributed by atoms with E-state index in [0.717, 1.165) is 16.7 Å². The summed E-state index contributed by atoms with van der Waals surface area (Å²) in [5, 5.41) is 9.99. The second-order valence-electron chi connectivity index (χ2n) is 8.46. The van der Waals surface area contributed by atoms with Crippen LogP contribution in [-0.4, -0.2) is 73.2 Å². The van der Waals surface area contributed by atoms with E-state index in [4.69, 9.17) is 0 Å². The van der Waals surface area contributed by atoms with Gasteiger partial charge in [-0.05, 0) is 41.7 Å². The number of piperazine rings is 1. The lowest BCUT2D eigenvalue weighted by Gasteiger charge is -2.35. The average molecular weight is 443 g/mol. The van der Waals surface area contributed by atoms with Crippen molar-refractivity contribution in [2.45, 2.75) is 24.2 Å². The van der Waals surface area contributed by atoms with Gasteiger partial charge in [-0.3, -0.25) is 9.59 Å². The van der Waals surface area contributed by atoms with Gasteiger partial charge in [0.1, 0.15) is 5.60 Å². The summed E-state index contributed by atoms with van der Waals surface area (Å²) in [5.74, 6) is -0.319. The molecule has 1 aliphatic carbocycles. The van der Waals surface area contributed by atoms with Crippen LogP contribution >= 0.6 is 0 Å². The van der Waals surface area contributed by atoms with Gasteiger partial charge in [0.25, 0.3) is 11.8 Å². The van der Waals surface area contributed by atoms with Gasteiger partial charge in [-0.15, -0.1) is 0 Å². The number of carbonyl (C=O) groups is 2. The van der Waals surface area contributed by atoms with Gasteiger partial charge >= 0.3 is 0 Å². The van der Waals surface area contributed by atoms with Gasteiger partial charge in [-0.25, -0.2) is 8.42 Å². The molecule has 7 nitrogen and oxygen atoms in total. The van der Waals surface area contributed by atoms with E-state index in [-0.39, 0.29) is 17.6 Å². The van der Waals surface area contributed by atoms with Crippen LogP contribution in [-0.2, 0) is 20.4 Å². The minimum absolute atomic E-state index is 0.0106. The van der Waals surface area contributed by atoms with Gasteiger partial charge in [0, 0.05) is 38.0 Å². The maximum atomic E-state index is 12.9. The highest BCUT2D eigenvalue weighted by Gasteiger charge is 2.50. The molecule has 4 rings (SSSR count). The maximum absolute atomic E-state index is 12.9. The molecule has 0 unspecified atom stereocenters. The first-order chi connectivity index (χ1) is 14.6. The van der Waals surface area contributed by atoms with Crippen molar-refractivity contribution in [3.05, 3.63) is 59.7 Å². The van der Waals surface area contributed by atoms with Gasteiger partial charge < -0.3 is 14.9 Å². The van der Waals surface area contributed by atoms with Crippen molar-refractivity contribution in [1.29, 1.82) is 0 Å². The molecular weight excluding hydrogens is 416 g/mol. The molecule has 0 spiro atoms. The second-order valence-corrected chi connectivity index (χ2v) is 10.6. The fourth-order valence-corrected chi connectivity index (χ4v) is 4.66.